The van der Waals surface area contributed by atoms with Crippen molar-refractivity contribution in [2.45, 2.75) is 17.9 Å². The maximum atomic E-state index is 12.4. The topological polar surface area (TPSA) is 85.4 Å². The highest BCUT2D eigenvalue weighted by atomic mass is 32.2. The summed E-state index contributed by atoms with van der Waals surface area (Å²) in [6.45, 7) is 3.02. The van der Waals surface area contributed by atoms with Gasteiger partial charge < -0.3 is 20.1 Å². The number of carbonyl (C=O) groups is 1. The number of amides is 1. The Bertz CT molecular complexity index is 1200. The van der Waals surface area contributed by atoms with Gasteiger partial charge in [0.25, 0.3) is 0 Å². The first-order valence-electron chi connectivity index (χ1n) is 10.7. The predicted octanol–water partition coefficient (Wildman–Crippen LogP) is 5.99. The van der Waals surface area contributed by atoms with E-state index >= 15 is 0 Å². The van der Waals surface area contributed by atoms with Gasteiger partial charge in [-0.25, -0.2) is 0 Å². The molecule has 4 aromatic rings. The van der Waals surface area contributed by atoms with Crippen LogP contribution in [0.15, 0.2) is 83.2 Å². The van der Waals surface area contributed by atoms with E-state index in [9.17, 15) is 4.79 Å². The number of nitrogens with one attached hydrogen (secondary N) is 2. The number of benzene rings is 3. The van der Waals surface area contributed by atoms with E-state index in [1.807, 2.05) is 85.8 Å². The molecule has 7 nitrogen and oxygen atoms in total. The molecule has 0 aliphatic rings. The first kappa shape index (κ1) is 23.6. The lowest BCUT2D eigenvalue weighted by Crippen LogP contribution is -2.13. The van der Waals surface area contributed by atoms with Crippen LogP contribution in [0.5, 0.6) is 11.5 Å². The Balaban J connectivity index is 1.23. The lowest BCUT2D eigenvalue weighted by Gasteiger charge is -2.09. The number of thioether (sulfide) groups is 1. The van der Waals surface area contributed by atoms with E-state index in [1.54, 1.807) is 0 Å². The molecule has 1 heterocycles. The Kier molecular flexibility index (Phi) is 8.37. The molecule has 0 bridgehead atoms. The van der Waals surface area contributed by atoms with Gasteiger partial charge in [-0.1, -0.05) is 65.6 Å². The molecule has 3 aromatic carbocycles. The highest BCUT2D eigenvalue weighted by Crippen LogP contribution is 2.31. The van der Waals surface area contributed by atoms with E-state index in [2.05, 4.69) is 20.8 Å². The maximum Gasteiger partial charge on any atom is 0.234 e. The molecule has 0 spiro atoms. The Labute approximate surface area is 206 Å². The summed E-state index contributed by atoms with van der Waals surface area (Å²) in [7, 11) is 0. The fraction of sp³-hybridized carbons (Fsp3) is 0.160. The molecule has 174 valence electrons. The van der Waals surface area contributed by atoms with Crippen LogP contribution >= 0.6 is 23.1 Å². The van der Waals surface area contributed by atoms with Gasteiger partial charge in [-0.15, -0.1) is 10.2 Å². The molecule has 1 amide bonds. The summed E-state index contributed by atoms with van der Waals surface area (Å²) in [4.78, 5) is 12.4. The molecule has 0 radical (unpaired) electrons. The van der Waals surface area contributed by atoms with E-state index in [4.69, 9.17) is 9.47 Å². The van der Waals surface area contributed by atoms with Gasteiger partial charge in [-0.3, -0.25) is 4.79 Å². The van der Waals surface area contributed by atoms with Gasteiger partial charge in [-0.05, 0) is 48.9 Å². The first-order chi connectivity index (χ1) is 16.7. The molecule has 0 fully saturated rings. The molecule has 0 saturated heterocycles. The summed E-state index contributed by atoms with van der Waals surface area (Å²) in [5.74, 6) is 1.62. The Hall–Kier alpha value is -3.56. The molecule has 2 N–H and O–H groups in total. The number of nitrogens with zero attached hydrogens (tertiary/aromatic N) is 2. The Morgan fingerprint density at radius 3 is 2.50 bits per heavy atom. The molecule has 9 heteroatoms. The summed E-state index contributed by atoms with van der Waals surface area (Å²) in [5, 5.41) is 15.1. The standard InChI is InChI=1S/C25H24N4O3S2/c1-2-31-22-11-7-6-10-21(22)27-24-28-29-25(34-24)33-17-23(30)26-19-12-14-20(15-13-19)32-16-18-8-4-3-5-9-18/h3-15H,2,16-17H2,1H3,(H,26,30)(H,27,28). The van der Waals surface area contributed by atoms with Gasteiger partial charge in [0.15, 0.2) is 4.34 Å². The third-order valence-electron chi connectivity index (χ3n) is 4.55. The number of ether oxygens (including phenoxy) is 2. The normalized spacial score (nSPS) is 10.5. The summed E-state index contributed by atoms with van der Waals surface area (Å²) >= 11 is 2.73. The molecular weight excluding hydrogens is 468 g/mol. The third kappa shape index (κ3) is 6.97. The lowest BCUT2D eigenvalue weighted by atomic mass is 10.2. The van der Waals surface area contributed by atoms with Crippen molar-refractivity contribution in [2.75, 3.05) is 23.0 Å². The van der Waals surface area contributed by atoms with Crippen LogP contribution in [-0.2, 0) is 11.4 Å². The first-order valence-corrected chi connectivity index (χ1v) is 12.5. The average molecular weight is 493 g/mol. The van der Waals surface area contributed by atoms with Crippen molar-refractivity contribution >= 4 is 45.5 Å². The number of anilines is 3. The molecule has 34 heavy (non-hydrogen) atoms. The van der Waals surface area contributed by atoms with Crippen LogP contribution in [0, 0.1) is 0 Å². The third-order valence-corrected chi connectivity index (χ3v) is 6.52. The zero-order valence-electron chi connectivity index (χ0n) is 18.6. The fourth-order valence-corrected chi connectivity index (χ4v) is 4.55. The number of hydrogen-bond acceptors (Lipinski definition) is 8. The molecular formula is C25H24N4O3S2. The van der Waals surface area contributed by atoms with Crippen molar-refractivity contribution in [1.29, 1.82) is 0 Å². The van der Waals surface area contributed by atoms with Crippen LogP contribution in [0.25, 0.3) is 0 Å². The molecule has 1 aromatic heterocycles. The van der Waals surface area contributed by atoms with Crippen LogP contribution in [-0.4, -0.2) is 28.5 Å². The monoisotopic (exact) mass is 492 g/mol. The van der Waals surface area contributed by atoms with Crippen LogP contribution in [0.1, 0.15) is 12.5 Å². The van der Waals surface area contributed by atoms with Gasteiger partial charge in [0.1, 0.15) is 18.1 Å². The number of para-hydroxylation sites is 2. The zero-order chi connectivity index (χ0) is 23.6. The average Bonchev–Trinajstić information content (AvgIpc) is 3.32. The fourth-order valence-electron chi connectivity index (χ4n) is 2.98. The Morgan fingerprint density at radius 2 is 1.71 bits per heavy atom. The number of rotatable bonds is 11. The Morgan fingerprint density at radius 1 is 0.941 bits per heavy atom. The van der Waals surface area contributed by atoms with E-state index in [1.165, 1.54) is 23.1 Å². The van der Waals surface area contributed by atoms with E-state index in [-0.39, 0.29) is 11.7 Å². The quantitative estimate of drug-likeness (QED) is 0.249. The largest absolute Gasteiger partial charge is 0.492 e. The van der Waals surface area contributed by atoms with Gasteiger partial charge in [0.2, 0.25) is 11.0 Å². The minimum atomic E-state index is -0.116. The van der Waals surface area contributed by atoms with Crippen LogP contribution in [0.2, 0.25) is 0 Å². The predicted molar refractivity (Wildman–Crippen MR) is 137 cm³/mol. The SMILES string of the molecule is CCOc1ccccc1Nc1nnc(SCC(=O)Nc2ccc(OCc3ccccc3)cc2)s1. The maximum absolute atomic E-state index is 12.4. The molecule has 4 rings (SSSR count). The summed E-state index contributed by atoms with van der Waals surface area (Å²) in [6, 6.07) is 25.0. The van der Waals surface area contributed by atoms with Crippen LogP contribution in [0.4, 0.5) is 16.5 Å². The van der Waals surface area contributed by atoms with Crippen molar-refractivity contribution in [2.24, 2.45) is 0 Å². The van der Waals surface area contributed by atoms with E-state index < -0.39 is 0 Å². The van der Waals surface area contributed by atoms with Crippen molar-refractivity contribution in [3.05, 3.63) is 84.4 Å². The molecule has 0 saturated carbocycles. The zero-order valence-corrected chi connectivity index (χ0v) is 20.2. The minimum absolute atomic E-state index is 0.116. The molecule has 0 atom stereocenters. The summed E-state index contributed by atoms with van der Waals surface area (Å²) in [6.07, 6.45) is 0. The smallest absolute Gasteiger partial charge is 0.234 e. The number of hydrogen-bond donors (Lipinski definition) is 2. The van der Waals surface area contributed by atoms with Gasteiger partial charge in [-0.2, -0.15) is 0 Å². The van der Waals surface area contributed by atoms with Gasteiger partial charge in [0.05, 0.1) is 18.0 Å². The van der Waals surface area contributed by atoms with Crippen molar-refractivity contribution < 1.29 is 14.3 Å². The van der Waals surface area contributed by atoms with Crippen molar-refractivity contribution in [3.8, 4) is 11.5 Å². The van der Waals surface area contributed by atoms with Crippen LogP contribution in [0.3, 0.4) is 0 Å². The molecule has 0 unspecified atom stereocenters. The second-order valence-electron chi connectivity index (χ2n) is 7.06. The molecule has 0 aliphatic carbocycles. The van der Waals surface area contributed by atoms with Crippen molar-refractivity contribution in [3.63, 3.8) is 0 Å². The number of carbonyl (C=O) groups excluding carboxylic acids is 1. The number of aromatic nitrogens is 2. The van der Waals surface area contributed by atoms with E-state index in [0.717, 1.165) is 22.7 Å². The highest BCUT2D eigenvalue weighted by Gasteiger charge is 2.11. The van der Waals surface area contributed by atoms with Gasteiger partial charge >= 0.3 is 0 Å². The lowest BCUT2D eigenvalue weighted by molar-refractivity contribution is -0.113. The van der Waals surface area contributed by atoms with E-state index in [0.29, 0.717) is 28.4 Å². The summed E-state index contributed by atoms with van der Waals surface area (Å²) < 4.78 is 12.1. The second-order valence-corrected chi connectivity index (χ2v) is 9.26. The summed E-state index contributed by atoms with van der Waals surface area (Å²) in [5.41, 5.74) is 2.64. The van der Waals surface area contributed by atoms with Crippen molar-refractivity contribution in [1.82, 2.24) is 10.2 Å². The van der Waals surface area contributed by atoms with Gasteiger partial charge in [0, 0.05) is 5.69 Å². The minimum Gasteiger partial charge on any atom is -0.492 e. The second kappa shape index (κ2) is 12.1. The highest BCUT2D eigenvalue weighted by molar-refractivity contribution is 8.01. The molecule has 0 aliphatic heterocycles. The van der Waals surface area contributed by atoms with Crippen LogP contribution < -0.4 is 20.1 Å².